The van der Waals surface area contributed by atoms with Crippen molar-refractivity contribution >= 4 is 0 Å². The van der Waals surface area contributed by atoms with Crippen LogP contribution in [0.25, 0.3) is 0 Å². The molecule has 20 heavy (non-hydrogen) atoms. The predicted octanol–water partition coefficient (Wildman–Crippen LogP) is 0.0431. The molecule has 122 valence electrons. The Morgan fingerprint density at radius 1 is 0.800 bits per heavy atom. The number of hydrogen-bond donors (Lipinski definition) is 5. The molecular weight excluding hydrogens is 280 g/mol. The van der Waals surface area contributed by atoms with Gasteiger partial charge < -0.3 is 25.7 Å². The third kappa shape index (κ3) is 1450. The zero-order valence-electron chi connectivity index (χ0n) is 11.0. The van der Waals surface area contributed by atoms with Crippen LogP contribution >= 0.6 is 0 Å². The van der Waals surface area contributed by atoms with Gasteiger partial charge in [-0.1, -0.05) is 0 Å². The van der Waals surface area contributed by atoms with Crippen molar-refractivity contribution in [2.75, 3.05) is 13.2 Å². The van der Waals surface area contributed by atoms with E-state index >= 15 is 0 Å². The minimum atomic E-state index is -1.50. The summed E-state index contributed by atoms with van der Waals surface area (Å²) in [4.78, 5) is 16.7. The van der Waals surface area contributed by atoms with E-state index in [0.29, 0.717) is 0 Å². The van der Waals surface area contributed by atoms with E-state index in [1.807, 2.05) is 0 Å². The normalized spacial score (nSPS) is 6.00. The lowest BCUT2D eigenvalue weighted by atomic mass is 10.4. The zero-order chi connectivity index (χ0) is 18.1. The Morgan fingerprint density at radius 2 is 0.900 bits per heavy atom. The van der Waals surface area contributed by atoms with Gasteiger partial charge in [-0.15, -0.1) is 59.7 Å². The first kappa shape index (κ1) is 36.0. The molecule has 0 bridgehead atoms. The smallest absolute Gasteiger partial charge is 0.291 e. The molecule has 0 unspecified atom stereocenters. The van der Waals surface area contributed by atoms with Crippen molar-refractivity contribution in [3.63, 3.8) is 0 Å². The fourth-order valence-electron chi connectivity index (χ4n) is 0.0577. The minimum absolute atomic E-state index is 0.365. The van der Waals surface area contributed by atoms with Crippen LogP contribution in [0.4, 0.5) is 0 Å². The van der Waals surface area contributed by atoms with Crippen molar-refractivity contribution in [1.29, 1.82) is 0 Å². The molecule has 0 fully saturated rings. The van der Waals surface area contributed by atoms with E-state index in [4.69, 9.17) is 46.0 Å². The highest BCUT2D eigenvalue weighted by Crippen LogP contribution is 1.71. The molecule has 0 rings (SSSR count). The molecule has 0 heterocycles. The van der Waals surface area contributed by atoms with E-state index in [0.717, 1.165) is 0 Å². The second kappa shape index (κ2) is 54.9. The van der Waals surface area contributed by atoms with Gasteiger partial charge in [-0.3, -0.25) is 0 Å². The second-order valence-corrected chi connectivity index (χ2v) is 1.49. The first-order valence-corrected chi connectivity index (χ1v) is 4.34. The molecule has 0 aliphatic rings. The summed E-state index contributed by atoms with van der Waals surface area (Å²) in [5, 5.41) is 51.3. The third-order valence-electron chi connectivity index (χ3n) is 0.421. The van der Waals surface area contributed by atoms with E-state index in [9.17, 15) is 0 Å². The van der Waals surface area contributed by atoms with Gasteiger partial charge in [0.05, 0.1) is 13.2 Å². The Labute approximate surface area is 116 Å². The Hall–Kier alpha value is -2.50. The zero-order valence-corrected chi connectivity index (χ0v) is 11.0. The number of nitrogens with zero attached hydrogens (tertiary/aromatic N) is 2. The molecular formula is C9H22N2O9. The summed E-state index contributed by atoms with van der Waals surface area (Å²) in [5.41, 5.74) is 0. The van der Waals surface area contributed by atoms with Crippen molar-refractivity contribution in [2.45, 2.75) is 6.10 Å². The van der Waals surface area contributed by atoms with E-state index in [2.05, 4.69) is 39.5 Å². The highest BCUT2D eigenvalue weighted by atomic mass is 16.9. The Bertz CT molecular complexity index is 164. The molecule has 0 saturated heterocycles. The highest BCUT2D eigenvalue weighted by molar-refractivity contribution is 4.44. The van der Waals surface area contributed by atoms with Crippen molar-refractivity contribution in [3.8, 4) is 0 Å². The number of rotatable bonds is 2. The van der Waals surface area contributed by atoms with Crippen LogP contribution in [0.3, 0.4) is 0 Å². The summed E-state index contributed by atoms with van der Waals surface area (Å²) < 4.78 is 0. The summed E-state index contributed by atoms with van der Waals surface area (Å²) in [6.45, 7) is 17.3. The van der Waals surface area contributed by atoms with Crippen LogP contribution in [0.1, 0.15) is 0 Å². The van der Waals surface area contributed by atoms with E-state index in [-0.39, 0.29) is 13.2 Å². The van der Waals surface area contributed by atoms with Gasteiger partial charge in [0.2, 0.25) is 0 Å². The monoisotopic (exact) mass is 302 g/mol. The fraction of sp³-hybridized carbons (Fsp3) is 0.333. The molecule has 11 nitrogen and oxygen atoms in total. The fourth-order valence-corrected chi connectivity index (χ4v) is 0.0577. The van der Waals surface area contributed by atoms with Crippen LogP contribution in [-0.2, 0) is 0 Å². The average molecular weight is 302 g/mol. The summed E-state index contributed by atoms with van der Waals surface area (Å²) in [7, 11) is 0. The lowest BCUT2D eigenvalue weighted by Crippen LogP contribution is -2.15. The van der Waals surface area contributed by atoms with Crippen molar-refractivity contribution in [3.05, 3.63) is 59.7 Å². The Morgan fingerprint density at radius 3 is 0.900 bits per heavy atom. The standard InChI is InChI=1S/C3H8O3.3C2H4.2HNO3/c4-1-3(6)2-5;3*1-2;2*2-1(3)4/h3-6H,1-2H2;3*1-2H2;2*(H,2,3,4). The minimum Gasteiger partial charge on any atom is -0.394 e. The molecule has 0 radical (unpaired) electrons. The van der Waals surface area contributed by atoms with Crippen molar-refractivity contribution in [2.24, 2.45) is 0 Å². The van der Waals surface area contributed by atoms with Gasteiger partial charge in [0.1, 0.15) is 6.10 Å². The summed E-state index contributed by atoms with van der Waals surface area (Å²) in [6.07, 6.45) is -0.954. The van der Waals surface area contributed by atoms with Crippen LogP contribution in [0.2, 0.25) is 0 Å². The lowest BCUT2D eigenvalue weighted by molar-refractivity contribution is -0.742. The molecule has 0 aromatic heterocycles. The highest BCUT2D eigenvalue weighted by Gasteiger charge is 1.93. The van der Waals surface area contributed by atoms with Gasteiger partial charge in [-0.25, -0.2) is 0 Å². The molecule has 0 aliphatic heterocycles. The lowest BCUT2D eigenvalue weighted by Gasteiger charge is -1.96. The summed E-state index contributed by atoms with van der Waals surface area (Å²) >= 11 is 0. The van der Waals surface area contributed by atoms with Gasteiger partial charge in [0, 0.05) is 0 Å². The average Bonchev–Trinajstić information content (AvgIpc) is 2.43. The number of aliphatic hydroxyl groups is 3. The van der Waals surface area contributed by atoms with Gasteiger partial charge in [-0.05, 0) is 0 Å². The SMILES string of the molecule is C=C.C=C.C=C.O=[N+]([O-])O.O=[N+]([O-])O.OCC(O)CO. The third-order valence-corrected chi connectivity index (χ3v) is 0.421. The number of hydrogen-bond acceptors (Lipinski definition) is 7. The van der Waals surface area contributed by atoms with Crippen molar-refractivity contribution in [1.82, 2.24) is 0 Å². The van der Waals surface area contributed by atoms with Gasteiger partial charge >= 0.3 is 0 Å². The first-order valence-electron chi connectivity index (χ1n) is 4.34. The topological polar surface area (TPSA) is 187 Å². The molecule has 0 amide bonds. The van der Waals surface area contributed by atoms with E-state index < -0.39 is 16.3 Å². The van der Waals surface area contributed by atoms with E-state index in [1.165, 1.54) is 0 Å². The summed E-state index contributed by atoms with van der Waals surface area (Å²) in [6, 6.07) is 0. The first-order chi connectivity index (χ1) is 9.27. The molecule has 0 saturated carbocycles. The van der Waals surface area contributed by atoms with E-state index in [1.54, 1.807) is 0 Å². The molecule has 0 aromatic carbocycles. The van der Waals surface area contributed by atoms with Crippen LogP contribution in [-0.4, -0.2) is 55.2 Å². The maximum atomic E-state index is 8.36. The molecule has 0 spiro atoms. The summed E-state index contributed by atoms with van der Waals surface area (Å²) in [5.74, 6) is 0. The Kier molecular flexibility index (Phi) is 98.8. The van der Waals surface area contributed by atoms with Gasteiger partial charge in [0.15, 0.2) is 0 Å². The second-order valence-electron chi connectivity index (χ2n) is 1.49. The van der Waals surface area contributed by atoms with Crippen LogP contribution in [0.5, 0.6) is 0 Å². The molecule has 11 heteroatoms. The van der Waals surface area contributed by atoms with Gasteiger partial charge in [0.25, 0.3) is 10.2 Å². The largest absolute Gasteiger partial charge is 0.394 e. The molecule has 0 aromatic rings. The van der Waals surface area contributed by atoms with Crippen molar-refractivity contribution < 1.29 is 35.9 Å². The predicted molar refractivity (Wildman–Crippen MR) is 71.5 cm³/mol. The van der Waals surface area contributed by atoms with Crippen LogP contribution in [0.15, 0.2) is 39.5 Å². The van der Waals surface area contributed by atoms with Crippen LogP contribution in [0, 0.1) is 20.2 Å². The van der Waals surface area contributed by atoms with Crippen LogP contribution < -0.4 is 0 Å². The molecule has 0 atom stereocenters. The maximum absolute atomic E-state index is 8.36. The Balaban J connectivity index is -0.0000000315. The van der Waals surface area contributed by atoms with Gasteiger partial charge in [-0.2, -0.15) is 0 Å². The maximum Gasteiger partial charge on any atom is 0.291 e. The quantitative estimate of drug-likeness (QED) is 0.266. The molecule has 0 aliphatic carbocycles. The molecule has 5 N–H and O–H groups in total. The number of aliphatic hydroxyl groups excluding tert-OH is 3.